The van der Waals surface area contributed by atoms with E-state index in [4.69, 9.17) is 4.74 Å². The highest BCUT2D eigenvalue weighted by molar-refractivity contribution is 4.76. The van der Waals surface area contributed by atoms with Crippen LogP contribution in [0.4, 0.5) is 8.78 Å². The summed E-state index contributed by atoms with van der Waals surface area (Å²) in [7, 11) is 1.55. The van der Waals surface area contributed by atoms with Crippen LogP contribution in [0.25, 0.3) is 0 Å². The SMILES string of the molecule is COCC(C)(C)NCC(F)F. The average molecular weight is 167 g/mol. The first-order valence-corrected chi connectivity index (χ1v) is 3.50. The van der Waals surface area contributed by atoms with Crippen molar-refractivity contribution >= 4 is 0 Å². The monoisotopic (exact) mass is 167 g/mol. The summed E-state index contributed by atoms with van der Waals surface area (Å²) in [5.74, 6) is 0. The second-order valence-corrected chi connectivity index (χ2v) is 3.09. The van der Waals surface area contributed by atoms with E-state index < -0.39 is 6.43 Å². The molecule has 0 rings (SSSR count). The molecule has 0 unspecified atom stereocenters. The van der Waals surface area contributed by atoms with Gasteiger partial charge in [0.05, 0.1) is 13.2 Å². The van der Waals surface area contributed by atoms with Crippen LogP contribution in [0.3, 0.4) is 0 Å². The molecule has 1 N–H and O–H groups in total. The maximum atomic E-state index is 11.7. The Morgan fingerprint density at radius 1 is 1.45 bits per heavy atom. The maximum absolute atomic E-state index is 11.7. The Hall–Kier alpha value is -0.220. The molecule has 0 aromatic rings. The van der Waals surface area contributed by atoms with Gasteiger partial charge in [-0.2, -0.15) is 0 Å². The zero-order valence-corrected chi connectivity index (χ0v) is 7.16. The predicted molar refractivity (Wildman–Crippen MR) is 40.0 cm³/mol. The quantitative estimate of drug-likeness (QED) is 0.665. The van der Waals surface area contributed by atoms with E-state index >= 15 is 0 Å². The van der Waals surface area contributed by atoms with Crippen LogP contribution in [0.2, 0.25) is 0 Å². The van der Waals surface area contributed by atoms with Gasteiger partial charge in [0.15, 0.2) is 0 Å². The van der Waals surface area contributed by atoms with Crippen molar-refractivity contribution in [3.8, 4) is 0 Å². The first kappa shape index (κ1) is 10.8. The second-order valence-electron chi connectivity index (χ2n) is 3.09. The molecule has 0 fully saturated rings. The van der Waals surface area contributed by atoms with Crippen LogP contribution >= 0.6 is 0 Å². The summed E-state index contributed by atoms with van der Waals surface area (Å²) in [4.78, 5) is 0. The number of halogens is 2. The van der Waals surface area contributed by atoms with Crippen LogP contribution < -0.4 is 5.32 Å². The van der Waals surface area contributed by atoms with Crippen LogP contribution in [-0.2, 0) is 4.74 Å². The minimum Gasteiger partial charge on any atom is -0.383 e. The van der Waals surface area contributed by atoms with Crippen molar-refractivity contribution in [1.29, 1.82) is 0 Å². The molecule has 0 aliphatic heterocycles. The molecule has 0 saturated carbocycles. The summed E-state index contributed by atoms with van der Waals surface area (Å²) in [6.07, 6.45) is -2.30. The van der Waals surface area contributed by atoms with Crippen LogP contribution in [0, 0.1) is 0 Å². The van der Waals surface area contributed by atoms with Crippen molar-refractivity contribution in [2.45, 2.75) is 25.8 Å². The van der Waals surface area contributed by atoms with Gasteiger partial charge in [0.25, 0.3) is 6.43 Å². The molecule has 0 bridgehead atoms. The summed E-state index contributed by atoms with van der Waals surface area (Å²) in [5, 5.41) is 2.68. The van der Waals surface area contributed by atoms with E-state index in [9.17, 15) is 8.78 Å². The van der Waals surface area contributed by atoms with Gasteiger partial charge in [-0.25, -0.2) is 8.78 Å². The number of methoxy groups -OCH3 is 1. The summed E-state index contributed by atoms with van der Waals surface area (Å²) in [6, 6.07) is 0. The van der Waals surface area contributed by atoms with Crippen LogP contribution in [0.15, 0.2) is 0 Å². The molecule has 2 nitrogen and oxygen atoms in total. The molecule has 0 aromatic heterocycles. The number of ether oxygens (including phenoxy) is 1. The van der Waals surface area contributed by atoms with E-state index in [2.05, 4.69) is 5.32 Å². The molecule has 0 aliphatic rings. The fourth-order valence-electron chi connectivity index (χ4n) is 0.765. The standard InChI is InChI=1S/C7H15F2NO/c1-7(2,5-11-3)10-4-6(8)9/h6,10H,4-5H2,1-3H3. The second kappa shape index (κ2) is 4.62. The Morgan fingerprint density at radius 3 is 2.36 bits per heavy atom. The Morgan fingerprint density at radius 2 is 2.00 bits per heavy atom. The number of hydrogen-bond acceptors (Lipinski definition) is 2. The van der Waals surface area contributed by atoms with Gasteiger partial charge in [-0.05, 0) is 13.8 Å². The van der Waals surface area contributed by atoms with Crippen LogP contribution in [0.1, 0.15) is 13.8 Å². The van der Waals surface area contributed by atoms with Crippen LogP contribution in [0.5, 0.6) is 0 Å². The zero-order valence-electron chi connectivity index (χ0n) is 7.16. The molecule has 0 heterocycles. The fraction of sp³-hybridized carbons (Fsp3) is 1.00. The third-order valence-electron chi connectivity index (χ3n) is 1.24. The molecule has 11 heavy (non-hydrogen) atoms. The molecule has 0 aliphatic carbocycles. The van der Waals surface area contributed by atoms with E-state index in [1.807, 2.05) is 13.8 Å². The number of hydrogen-bond donors (Lipinski definition) is 1. The molecule has 68 valence electrons. The number of alkyl halides is 2. The van der Waals surface area contributed by atoms with Gasteiger partial charge in [0.1, 0.15) is 0 Å². The van der Waals surface area contributed by atoms with Gasteiger partial charge in [0.2, 0.25) is 0 Å². The largest absolute Gasteiger partial charge is 0.383 e. The molecule has 0 atom stereocenters. The number of rotatable bonds is 5. The van der Waals surface area contributed by atoms with Gasteiger partial charge in [0, 0.05) is 12.6 Å². The van der Waals surface area contributed by atoms with Gasteiger partial charge in [-0.3, -0.25) is 0 Å². The molecule has 0 radical (unpaired) electrons. The maximum Gasteiger partial charge on any atom is 0.250 e. The molecule has 0 saturated heterocycles. The minimum atomic E-state index is -2.30. The Balaban J connectivity index is 3.54. The third-order valence-corrected chi connectivity index (χ3v) is 1.24. The molecule has 4 heteroatoms. The van der Waals surface area contributed by atoms with E-state index in [0.29, 0.717) is 6.61 Å². The Bertz CT molecular complexity index is 107. The number of nitrogens with one attached hydrogen (secondary N) is 1. The lowest BCUT2D eigenvalue weighted by Gasteiger charge is -2.24. The molecular weight excluding hydrogens is 152 g/mol. The van der Waals surface area contributed by atoms with Gasteiger partial charge >= 0.3 is 0 Å². The third kappa shape index (κ3) is 6.19. The van der Waals surface area contributed by atoms with Gasteiger partial charge in [-0.15, -0.1) is 0 Å². The summed E-state index contributed by atoms with van der Waals surface area (Å²) in [6.45, 7) is 3.79. The lowest BCUT2D eigenvalue weighted by atomic mass is 10.1. The molecular formula is C7H15F2NO. The molecule has 0 amide bonds. The Labute approximate surface area is 65.9 Å². The van der Waals surface area contributed by atoms with Crippen molar-refractivity contribution in [2.24, 2.45) is 0 Å². The lowest BCUT2D eigenvalue weighted by molar-refractivity contribution is 0.0963. The summed E-state index contributed by atoms with van der Waals surface area (Å²) in [5.41, 5.74) is -0.370. The highest BCUT2D eigenvalue weighted by atomic mass is 19.3. The summed E-state index contributed by atoms with van der Waals surface area (Å²) < 4.78 is 28.2. The van der Waals surface area contributed by atoms with Crippen LogP contribution in [-0.4, -0.2) is 32.2 Å². The van der Waals surface area contributed by atoms with Crippen molar-refractivity contribution in [2.75, 3.05) is 20.3 Å². The van der Waals surface area contributed by atoms with Crippen molar-refractivity contribution < 1.29 is 13.5 Å². The predicted octanol–water partition coefficient (Wildman–Crippen LogP) is 1.27. The smallest absolute Gasteiger partial charge is 0.250 e. The minimum absolute atomic E-state index is 0.281. The summed E-state index contributed by atoms with van der Waals surface area (Å²) >= 11 is 0. The molecule has 0 aromatic carbocycles. The van der Waals surface area contributed by atoms with Crippen molar-refractivity contribution in [1.82, 2.24) is 5.32 Å². The normalized spacial score (nSPS) is 12.5. The van der Waals surface area contributed by atoms with E-state index in [0.717, 1.165) is 0 Å². The van der Waals surface area contributed by atoms with Gasteiger partial charge < -0.3 is 10.1 Å². The van der Waals surface area contributed by atoms with Crippen molar-refractivity contribution in [3.05, 3.63) is 0 Å². The molecule has 0 spiro atoms. The van der Waals surface area contributed by atoms with E-state index in [-0.39, 0.29) is 12.1 Å². The topological polar surface area (TPSA) is 21.3 Å². The first-order chi connectivity index (χ1) is 4.98. The Kier molecular flexibility index (Phi) is 4.52. The average Bonchev–Trinajstić information content (AvgIpc) is 1.84. The highest BCUT2D eigenvalue weighted by Gasteiger charge is 2.17. The van der Waals surface area contributed by atoms with E-state index in [1.165, 1.54) is 0 Å². The van der Waals surface area contributed by atoms with Gasteiger partial charge in [-0.1, -0.05) is 0 Å². The van der Waals surface area contributed by atoms with E-state index in [1.54, 1.807) is 7.11 Å². The van der Waals surface area contributed by atoms with Crippen molar-refractivity contribution in [3.63, 3.8) is 0 Å². The highest BCUT2D eigenvalue weighted by Crippen LogP contribution is 2.02. The first-order valence-electron chi connectivity index (χ1n) is 3.50. The zero-order chi connectivity index (χ0) is 8.91. The lowest BCUT2D eigenvalue weighted by Crippen LogP contribution is -2.45. The fourth-order valence-corrected chi connectivity index (χ4v) is 0.765.